The second-order valence-electron chi connectivity index (χ2n) is 4.21. The van der Waals surface area contributed by atoms with E-state index in [-0.39, 0.29) is 5.56 Å². The molecular formula is C14H12N4O. The minimum atomic E-state index is -0.140. The summed E-state index contributed by atoms with van der Waals surface area (Å²) in [6, 6.07) is 11.1. The molecule has 0 saturated heterocycles. The monoisotopic (exact) mass is 252 g/mol. The fraction of sp³-hybridized carbons (Fsp3) is 0.0714. The van der Waals surface area contributed by atoms with Crippen molar-refractivity contribution in [3.05, 3.63) is 65.0 Å². The summed E-state index contributed by atoms with van der Waals surface area (Å²) in [6.07, 6.45) is 3.61. The zero-order valence-corrected chi connectivity index (χ0v) is 10.4. The van der Waals surface area contributed by atoms with Crippen LogP contribution in [-0.4, -0.2) is 19.7 Å². The Morgan fingerprint density at radius 3 is 2.63 bits per heavy atom. The Labute approximate surface area is 109 Å². The molecule has 94 valence electrons. The standard InChI is InChI=1S/C14H12N4O/c1-10-16-13(9-14(19)17-10)11-3-5-12(6-4-11)18-8-2-7-15-18/h2-9H,1H3,(H,16,17,19). The van der Waals surface area contributed by atoms with Crippen molar-refractivity contribution in [2.75, 3.05) is 0 Å². The first-order chi connectivity index (χ1) is 9.22. The van der Waals surface area contributed by atoms with Crippen molar-refractivity contribution >= 4 is 0 Å². The van der Waals surface area contributed by atoms with Crippen molar-refractivity contribution in [2.24, 2.45) is 0 Å². The molecule has 3 aromatic rings. The molecule has 0 fully saturated rings. The maximum Gasteiger partial charge on any atom is 0.251 e. The molecule has 3 rings (SSSR count). The zero-order chi connectivity index (χ0) is 13.2. The lowest BCUT2D eigenvalue weighted by Gasteiger charge is -2.04. The first-order valence-corrected chi connectivity index (χ1v) is 5.91. The van der Waals surface area contributed by atoms with Gasteiger partial charge in [0.15, 0.2) is 0 Å². The van der Waals surface area contributed by atoms with E-state index in [0.717, 1.165) is 11.3 Å². The Morgan fingerprint density at radius 1 is 1.21 bits per heavy atom. The van der Waals surface area contributed by atoms with Crippen molar-refractivity contribution < 1.29 is 0 Å². The Morgan fingerprint density at radius 2 is 2.00 bits per heavy atom. The van der Waals surface area contributed by atoms with E-state index in [2.05, 4.69) is 15.1 Å². The molecule has 0 aliphatic heterocycles. The predicted octanol–water partition coefficient (Wildman–Crippen LogP) is 1.93. The summed E-state index contributed by atoms with van der Waals surface area (Å²) in [5.41, 5.74) is 2.41. The SMILES string of the molecule is Cc1nc(-c2ccc(-n3cccn3)cc2)cc(=O)[nH]1. The molecule has 19 heavy (non-hydrogen) atoms. The highest BCUT2D eigenvalue weighted by molar-refractivity contribution is 5.60. The van der Waals surface area contributed by atoms with E-state index < -0.39 is 0 Å². The average molecular weight is 252 g/mol. The Bertz CT molecular complexity index is 742. The number of aromatic nitrogens is 4. The van der Waals surface area contributed by atoms with E-state index in [1.54, 1.807) is 17.8 Å². The fourth-order valence-corrected chi connectivity index (χ4v) is 1.93. The molecule has 5 heteroatoms. The summed E-state index contributed by atoms with van der Waals surface area (Å²) in [4.78, 5) is 18.4. The number of aromatic amines is 1. The maximum absolute atomic E-state index is 11.4. The third-order valence-corrected chi connectivity index (χ3v) is 2.79. The van der Waals surface area contributed by atoms with Crippen molar-refractivity contribution in [1.29, 1.82) is 0 Å². The topological polar surface area (TPSA) is 63.6 Å². The number of aryl methyl sites for hydroxylation is 1. The molecule has 0 amide bonds. The van der Waals surface area contributed by atoms with Gasteiger partial charge in [0.2, 0.25) is 0 Å². The first-order valence-electron chi connectivity index (χ1n) is 5.91. The van der Waals surface area contributed by atoms with Gasteiger partial charge in [-0.2, -0.15) is 5.10 Å². The molecule has 0 atom stereocenters. The van der Waals surface area contributed by atoms with Crippen LogP contribution in [0.4, 0.5) is 0 Å². The molecule has 1 N–H and O–H groups in total. The highest BCUT2D eigenvalue weighted by Gasteiger charge is 2.03. The number of benzene rings is 1. The molecule has 0 aliphatic carbocycles. The summed E-state index contributed by atoms with van der Waals surface area (Å²) in [5.74, 6) is 0.610. The predicted molar refractivity (Wildman–Crippen MR) is 72.2 cm³/mol. The number of hydrogen-bond donors (Lipinski definition) is 1. The first kappa shape index (κ1) is 11.4. The van der Waals surface area contributed by atoms with Crippen LogP contribution in [0.3, 0.4) is 0 Å². The summed E-state index contributed by atoms with van der Waals surface area (Å²) >= 11 is 0. The van der Waals surface area contributed by atoms with Crippen molar-refractivity contribution in [3.8, 4) is 16.9 Å². The molecule has 0 unspecified atom stereocenters. The molecular weight excluding hydrogens is 240 g/mol. The van der Waals surface area contributed by atoms with Gasteiger partial charge in [0.05, 0.1) is 11.4 Å². The fourth-order valence-electron chi connectivity index (χ4n) is 1.93. The minimum absolute atomic E-state index is 0.140. The molecule has 0 aliphatic rings. The minimum Gasteiger partial charge on any atom is -0.311 e. The van der Waals surface area contributed by atoms with Gasteiger partial charge in [-0.25, -0.2) is 9.67 Å². The lowest BCUT2D eigenvalue weighted by atomic mass is 10.1. The van der Waals surface area contributed by atoms with E-state index in [0.29, 0.717) is 11.5 Å². The van der Waals surface area contributed by atoms with Crippen LogP contribution in [0.1, 0.15) is 5.82 Å². The average Bonchev–Trinajstić information content (AvgIpc) is 2.91. The number of rotatable bonds is 2. The molecule has 5 nitrogen and oxygen atoms in total. The molecule has 1 aromatic carbocycles. The van der Waals surface area contributed by atoms with Crippen molar-refractivity contribution in [1.82, 2.24) is 19.7 Å². The van der Waals surface area contributed by atoms with Gasteiger partial charge in [0.25, 0.3) is 5.56 Å². The second kappa shape index (κ2) is 4.53. The van der Waals surface area contributed by atoms with Gasteiger partial charge >= 0.3 is 0 Å². The molecule has 0 saturated carbocycles. The van der Waals surface area contributed by atoms with Gasteiger partial charge in [-0.1, -0.05) is 12.1 Å². The van der Waals surface area contributed by atoms with E-state index in [4.69, 9.17) is 0 Å². The number of H-pyrrole nitrogens is 1. The highest BCUT2D eigenvalue weighted by Crippen LogP contribution is 2.17. The number of nitrogens with zero attached hydrogens (tertiary/aromatic N) is 3. The molecule has 2 heterocycles. The van der Waals surface area contributed by atoms with Gasteiger partial charge in [-0.15, -0.1) is 0 Å². The number of nitrogens with one attached hydrogen (secondary N) is 1. The van der Waals surface area contributed by atoms with Crippen LogP contribution in [-0.2, 0) is 0 Å². The quantitative estimate of drug-likeness (QED) is 0.758. The third kappa shape index (κ3) is 2.30. The Kier molecular flexibility index (Phi) is 2.72. The Hall–Kier alpha value is -2.69. The second-order valence-corrected chi connectivity index (χ2v) is 4.21. The molecule has 2 aromatic heterocycles. The van der Waals surface area contributed by atoms with E-state index >= 15 is 0 Å². The number of hydrogen-bond acceptors (Lipinski definition) is 3. The largest absolute Gasteiger partial charge is 0.311 e. The lowest BCUT2D eigenvalue weighted by Crippen LogP contribution is -2.08. The van der Waals surface area contributed by atoms with E-state index in [9.17, 15) is 4.79 Å². The van der Waals surface area contributed by atoms with Gasteiger partial charge < -0.3 is 4.98 Å². The summed E-state index contributed by atoms with van der Waals surface area (Å²) in [5, 5.41) is 4.16. The zero-order valence-electron chi connectivity index (χ0n) is 10.4. The van der Waals surface area contributed by atoms with Crippen LogP contribution in [0.25, 0.3) is 16.9 Å². The van der Waals surface area contributed by atoms with E-state index in [1.807, 2.05) is 36.5 Å². The Balaban J connectivity index is 2.01. The van der Waals surface area contributed by atoms with Crippen LogP contribution in [0.2, 0.25) is 0 Å². The van der Waals surface area contributed by atoms with Gasteiger partial charge in [0.1, 0.15) is 5.82 Å². The van der Waals surface area contributed by atoms with Gasteiger partial charge in [0, 0.05) is 24.0 Å². The summed E-state index contributed by atoms with van der Waals surface area (Å²) in [6.45, 7) is 1.77. The van der Waals surface area contributed by atoms with Crippen LogP contribution in [0.15, 0.2) is 53.6 Å². The molecule has 0 radical (unpaired) electrons. The highest BCUT2D eigenvalue weighted by atomic mass is 16.1. The van der Waals surface area contributed by atoms with Gasteiger partial charge in [-0.05, 0) is 25.1 Å². The molecule has 0 spiro atoms. The normalized spacial score (nSPS) is 10.6. The summed E-state index contributed by atoms with van der Waals surface area (Å²) in [7, 11) is 0. The van der Waals surface area contributed by atoms with Crippen molar-refractivity contribution in [2.45, 2.75) is 6.92 Å². The lowest BCUT2D eigenvalue weighted by molar-refractivity contribution is 0.880. The van der Waals surface area contributed by atoms with Crippen LogP contribution in [0.5, 0.6) is 0 Å². The van der Waals surface area contributed by atoms with Crippen LogP contribution < -0.4 is 5.56 Å². The van der Waals surface area contributed by atoms with Crippen LogP contribution in [0, 0.1) is 6.92 Å². The van der Waals surface area contributed by atoms with E-state index in [1.165, 1.54) is 6.07 Å². The summed E-state index contributed by atoms with van der Waals surface area (Å²) < 4.78 is 1.78. The third-order valence-electron chi connectivity index (χ3n) is 2.79. The smallest absolute Gasteiger partial charge is 0.251 e. The van der Waals surface area contributed by atoms with Crippen molar-refractivity contribution in [3.63, 3.8) is 0 Å². The maximum atomic E-state index is 11.4. The van der Waals surface area contributed by atoms with Crippen LogP contribution >= 0.6 is 0 Å². The molecule has 0 bridgehead atoms. The van der Waals surface area contributed by atoms with Gasteiger partial charge in [-0.3, -0.25) is 4.79 Å².